The lowest BCUT2D eigenvalue weighted by Crippen LogP contribution is -2.37. The first-order valence-corrected chi connectivity index (χ1v) is 8.72. The summed E-state index contributed by atoms with van der Waals surface area (Å²) in [5.41, 5.74) is -0.890. The highest BCUT2D eigenvalue weighted by molar-refractivity contribution is 5.73. The second kappa shape index (κ2) is 6.63. The SMILES string of the molecule is CC(=O)N1CCC(c2nc(-c3ccc(C)o3)nn2CC(C)(C)O)CC1. The van der Waals surface area contributed by atoms with Crippen LogP contribution in [0.15, 0.2) is 16.5 Å². The fourth-order valence-corrected chi connectivity index (χ4v) is 3.25. The van der Waals surface area contributed by atoms with Crippen LogP contribution in [0.3, 0.4) is 0 Å². The number of hydrogen-bond donors (Lipinski definition) is 1. The summed E-state index contributed by atoms with van der Waals surface area (Å²) in [5.74, 6) is 3.17. The van der Waals surface area contributed by atoms with Crippen molar-refractivity contribution in [1.29, 1.82) is 0 Å². The third kappa shape index (κ3) is 4.10. The van der Waals surface area contributed by atoms with Crippen molar-refractivity contribution in [2.45, 2.75) is 58.6 Å². The summed E-state index contributed by atoms with van der Waals surface area (Å²) in [4.78, 5) is 18.1. The summed E-state index contributed by atoms with van der Waals surface area (Å²) in [6, 6.07) is 3.75. The molecule has 0 atom stereocenters. The first-order valence-electron chi connectivity index (χ1n) is 8.72. The predicted molar refractivity (Wildman–Crippen MR) is 93.0 cm³/mol. The van der Waals surface area contributed by atoms with Crippen LogP contribution >= 0.6 is 0 Å². The van der Waals surface area contributed by atoms with Gasteiger partial charge in [0.05, 0.1) is 12.1 Å². The number of piperidine rings is 1. The molecule has 0 radical (unpaired) electrons. The molecular formula is C18H26N4O3. The minimum absolute atomic E-state index is 0.114. The number of aromatic nitrogens is 3. The van der Waals surface area contributed by atoms with Gasteiger partial charge >= 0.3 is 0 Å². The Kier molecular flexibility index (Phi) is 4.69. The van der Waals surface area contributed by atoms with Gasteiger partial charge in [0.25, 0.3) is 0 Å². The van der Waals surface area contributed by atoms with Crippen LogP contribution in [0.1, 0.15) is 51.1 Å². The largest absolute Gasteiger partial charge is 0.458 e. The molecule has 3 rings (SSSR count). The molecule has 2 aromatic rings. The van der Waals surface area contributed by atoms with Gasteiger partial charge in [0.1, 0.15) is 11.6 Å². The average Bonchev–Trinajstić information content (AvgIpc) is 3.12. The number of likely N-dealkylation sites (tertiary alicyclic amines) is 1. The third-order valence-electron chi connectivity index (χ3n) is 4.50. The molecule has 1 saturated heterocycles. The number of carbonyl (C=O) groups excluding carboxylic acids is 1. The minimum Gasteiger partial charge on any atom is -0.458 e. The fourth-order valence-electron chi connectivity index (χ4n) is 3.25. The van der Waals surface area contributed by atoms with Gasteiger partial charge in [-0.15, -0.1) is 5.10 Å². The molecule has 1 aliphatic heterocycles. The molecule has 0 unspecified atom stereocenters. The van der Waals surface area contributed by atoms with Crippen molar-refractivity contribution in [2.24, 2.45) is 0 Å². The van der Waals surface area contributed by atoms with Gasteiger partial charge in [-0.2, -0.15) is 0 Å². The molecule has 7 heteroatoms. The molecule has 136 valence electrons. The molecule has 1 aliphatic rings. The molecule has 0 spiro atoms. The molecule has 0 saturated carbocycles. The van der Waals surface area contributed by atoms with Gasteiger partial charge in [-0.05, 0) is 45.7 Å². The highest BCUT2D eigenvalue weighted by Gasteiger charge is 2.29. The monoisotopic (exact) mass is 346 g/mol. The summed E-state index contributed by atoms with van der Waals surface area (Å²) in [6.45, 7) is 8.82. The van der Waals surface area contributed by atoms with E-state index in [9.17, 15) is 9.90 Å². The van der Waals surface area contributed by atoms with E-state index >= 15 is 0 Å². The molecule has 0 aromatic carbocycles. The molecule has 1 fully saturated rings. The number of amides is 1. The number of rotatable bonds is 4. The predicted octanol–water partition coefficient (Wildman–Crippen LogP) is 2.34. The van der Waals surface area contributed by atoms with E-state index in [4.69, 9.17) is 9.40 Å². The topological polar surface area (TPSA) is 84.4 Å². The standard InChI is InChI=1S/C18H26N4O3/c1-12-5-6-15(25-12)16-19-17(22(20-16)11-18(3,4)24)14-7-9-21(10-8-14)13(2)23/h5-6,14,24H,7-11H2,1-4H3. The van der Waals surface area contributed by atoms with Crippen molar-refractivity contribution in [1.82, 2.24) is 19.7 Å². The van der Waals surface area contributed by atoms with Gasteiger partial charge in [0.15, 0.2) is 5.76 Å². The molecule has 25 heavy (non-hydrogen) atoms. The third-order valence-corrected chi connectivity index (χ3v) is 4.50. The van der Waals surface area contributed by atoms with E-state index in [0.717, 1.165) is 37.5 Å². The number of nitrogens with zero attached hydrogens (tertiary/aromatic N) is 4. The smallest absolute Gasteiger partial charge is 0.219 e. The Balaban J connectivity index is 1.88. The first kappa shape index (κ1) is 17.7. The lowest BCUT2D eigenvalue weighted by molar-refractivity contribution is -0.129. The van der Waals surface area contributed by atoms with Gasteiger partial charge in [-0.25, -0.2) is 9.67 Å². The average molecular weight is 346 g/mol. The first-order chi connectivity index (χ1) is 11.7. The van der Waals surface area contributed by atoms with E-state index < -0.39 is 5.60 Å². The Hall–Kier alpha value is -2.15. The quantitative estimate of drug-likeness (QED) is 0.918. The number of aliphatic hydroxyl groups is 1. The maximum atomic E-state index is 11.5. The molecule has 1 amide bonds. The molecule has 0 bridgehead atoms. The van der Waals surface area contributed by atoms with Gasteiger partial charge in [0.2, 0.25) is 11.7 Å². The highest BCUT2D eigenvalue weighted by Crippen LogP contribution is 2.30. The zero-order valence-electron chi connectivity index (χ0n) is 15.3. The van der Waals surface area contributed by atoms with Crippen molar-refractivity contribution in [3.8, 4) is 11.6 Å². The van der Waals surface area contributed by atoms with E-state index in [-0.39, 0.29) is 11.8 Å². The summed E-state index contributed by atoms with van der Waals surface area (Å²) in [6.07, 6.45) is 1.70. The lowest BCUT2D eigenvalue weighted by atomic mass is 9.95. The van der Waals surface area contributed by atoms with E-state index in [1.54, 1.807) is 25.5 Å². The summed E-state index contributed by atoms with van der Waals surface area (Å²) in [5, 5.41) is 14.8. The highest BCUT2D eigenvalue weighted by atomic mass is 16.3. The van der Waals surface area contributed by atoms with Crippen LogP contribution in [0.2, 0.25) is 0 Å². The second-order valence-corrected chi connectivity index (χ2v) is 7.45. The van der Waals surface area contributed by atoms with Crippen LogP contribution in [0.4, 0.5) is 0 Å². The second-order valence-electron chi connectivity index (χ2n) is 7.45. The zero-order chi connectivity index (χ0) is 18.2. The Morgan fingerprint density at radius 1 is 1.36 bits per heavy atom. The number of hydrogen-bond acceptors (Lipinski definition) is 5. The van der Waals surface area contributed by atoms with Crippen molar-refractivity contribution in [2.75, 3.05) is 13.1 Å². The van der Waals surface area contributed by atoms with Crippen LogP contribution in [0.25, 0.3) is 11.6 Å². The Labute approximate surface area is 147 Å². The zero-order valence-corrected chi connectivity index (χ0v) is 15.3. The Bertz CT molecular complexity index is 749. The number of carbonyl (C=O) groups is 1. The fraction of sp³-hybridized carbons (Fsp3) is 0.611. The van der Waals surface area contributed by atoms with Crippen molar-refractivity contribution >= 4 is 5.91 Å². The van der Waals surface area contributed by atoms with Crippen molar-refractivity contribution in [3.63, 3.8) is 0 Å². The van der Waals surface area contributed by atoms with Crippen LogP contribution in [-0.4, -0.2) is 49.4 Å². The Morgan fingerprint density at radius 2 is 2.04 bits per heavy atom. The Morgan fingerprint density at radius 3 is 2.56 bits per heavy atom. The van der Waals surface area contributed by atoms with Gasteiger partial charge in [-0.1, -0.05) is 0 Å². The normalized spacial score (nSPS) is 16.4. The van der Waals surface area contributed by atoms with E-state index in [2.05, 4.69) is 5.10 Å². The van der Waals surface area contributed by atoms with E-state index in [1.165, 1.54) is 0 Å². The molecule has 0 aliphatic carbocycles. The molecule has 7 nitrogen and oxygen atoms in total. The van der Waals surface area contributed by atoms with Crippen molar-refractivity contribution in [3.05, 3.63) is 23.7 Å². The van der Waals surface area contributed by atoms with Crippen LogP contribution in [-0.2, 0) is 11.3 Å². The minimum atomic E-state index is -0.890. The van der Waals surface area contributed by atoms with Crippen LogP contribution in [0, 0.1) is 6.92 Å². The maximum absolute atomic E-state index is 11.5. The maximum Gasteiger partial charge on any atom is 0.219 e. The molecule has 3 heterocycles. The van der Waals surface area contributed by atoms with Crippen LogP contribution in [0.5, 0.6) is 0 Å². The van der Waals surface area contributed by atoms with Gasteiger partial charge in [-0.3, -0.25) is 4.79 Å². The summed E-state index contributed by atoms with van der Waals surface area (Å²) < 4.78 is 7.44. The van der Waals surface area contributed by atoms with Gasteiger partial charge in [0, 0.05) is 25.9 Å². The number of aryl methyl sites for hydroxylation is 1. The molecule has 1 N–H and O–H groups in total. The van der Waals surface area contributed by atoms with Gasteiger partial charge < -0.3 is 14.4 Å². The van der Waals surface area contributed by atoms with Crippen molar-refractivity contribution < 1.29 is 14.3 Å². The lowest BCUT2D eigenvalue weighted by Gasteiger charge is -2.31. The number of furan rings is 1. The summed E-state index contributed by atoms with van der Waals surface area (Å²) >= 11 is 0. The molecular weight excluding hydrogens is 320 g/mol. The van der Waals surface area contributed by atoms with Crippen LogP contribution < -0.4 is 0 Å². The van der Waals surface area contributed by atoms with E-state index in [0.29, 0.717) is 18.1 Å². The summed E-state index contributed by atoms with van der Waals surface area (Å²) in [7, 11) is 0. The van der Waals surface area contributed by atoms with E-state index in [1.807, 2.05) is 24.0 Å². The molecule has 2 aromatic heterocycles.